The second kappa shape index (κ2) is 5.58. The number of thiophene rings is 1. The van der Waals surface area contributed by atoms with Gasteiger partial charge in [0.2, 0.25) is 0 Å². The van der Waals surface area contributed by atoms with Gasteiger partial charge in [-0.2, -0.15) is 0 Å². The molecule has 0 bridgehead atoms. The summed E-state index contributed by atoms with van der Waals surface area (Å²) in [5, 5.41) is 0. The number of hydrogen-bond donors (Lipinski definition) is 0. The molecular weight excluding hydrogens is 272 g/mol. The molecule has 0 aromatic carbocycles. The van der Waals surface area contributed by atoms with Crippen LogP contribution in [0.1, 0.15) is 28.7 Å². The molecule has 1 fully saturated rings. The van der Waals surface area contributed by atoms with Crippen LogP contribution in [0.15, 0.2) is 12.1 Å². The van der Waals surface area contributed by atoms with Crippen LogP contribution in [0.25, 0.3) is 10.2 Å². The summed E-state index contributed by atoms with van der Waals surface area (Å²) >= 11 is 1.76. The van der Waals surface area contributed by atoms with Gasteiger partial charge >= 0.3 is 0 Å². The minimum Gasteiger partial charge on any atom is -0.378 e. The molecule has 2 aromatic rings. The minimum absolute atomic E-state index is 0.141. The van der Waals surface area contributed by atoms with Crippen molar-refractivity contribution in [1.29, 1.82) is 0 Å². The monoisotopic (exact) mass is 292 g/mol. The molecule has 2 aromatic heterocycles. The van der Waals surface area contributed by atoms with Crippen molar-refractivity contribution in [2.45, 2.75) is 26.8 Å². The Kier molecular flexibility index (Phi) is 3.81. The van der Waals surface area contributed by atoms with Crippen molar-refractivity contribution in [1.82, 2.24) is 9.47 Å². The molecular formula is C15H20N2O2S. The molecule has 1 saturated heterocycles. The van der Waals surface area contributed by atoms with Gasteiger partial charge < -0.3 is 14.2 Å². The van der Waals surface area contributed by atoms with E-state index in [1.807, 2.05) is 4.90 Å². The molecule has 4 nitrogen and oxygen atoms in total. The largest absolute Gasteiger partial charge is 0.378 e. The Morgan fingerprint density at radius 1 is 1.35 bits per heavy atom. The first-order valence-electron chi connectivity index (χ1n) is 7.17. The van der Waals surface area contributed by atoms with Crippen LogP contribution >= 0.6 is 11.3 Å². The van der Waals surface area contributed by atoms with Crippen molar-refractivity contribution in [2.24, 2.45) is 0 Å². The smallest absolute Gasteiger partial charge is 0.270 e. The van der Waals surface area contributed by atoms with Crippen molar-refractivity contribution < 1.29 is 9.53 Å². The van der Waals surface area contributed by atoms with Gasteiger partial charge in [-0.3, -0.25) is 4.79 Å². The molecule has 0 N–H and O–H groups in total. The molecule has 3 rings (SSSR count). The Morgan fingerprint density at radius 2 is 2.10 bits per heavy atom. The average molecular weight is 292 g/mol. The van der Waals surface area contributed by atoms with Crippen LogP contribution in [0.2, 0.25) is 0 Å². The number of morpholine rings is 1. The van der Waals surface area contributed by atoms with E-state index in [-0.39, 0.29) is 5.91 Å². The standard InChI is InChI=1S/C15H20N2O2S/c1-3-4-17-12-9-11(2)20-14(12)10-13(17)15(18)16-5-7-19-8-6-16/h9-10H,3-8H2,1-2H3. The minimum atomic E-state index is 0.141. The number of carbonyl (C=O) groups excluding carboxylic acids is 1. The number of aromatic nitrogens is 1. The molecule has 0 atom stereocenters. The predicted octanol–water partition coefficient (Wildman–Crippen LogP) is 2.89. The van der Waals surface area contributed by atoms with Crippen LogP contribution in [0.5, 0.6) is 0 Å². The average Bonchev–Trinajstić information content (AvgIpc) is 2.97. The van der Waals surface area contributed by atoms with Crippen molar-refractivity contribution in [2.75, 3.05) is 26.3 Å². The molecule has 1 aliphatic heterocycles. The Bertz CT molecular complexity index is 623. The Balaban J connectivity index is 1.98. The van der Waals surface area contributed by atoms with Crippen molar-refractivity contribution >= 4 is 27.5 Å². The third-order valence-electron chi connectivity index (χ3n) is 3.68. The Labute approximate surface area is 122 Å². The lowest BCUT2D eigenvalue weighted by atomic mass is 10.3. The predicted molar refractivity (Wildman–Crippen MR) is 81.6 cm³/mol. The molecule has 108 valence electrons. The molecule has 0 saturated carbocycles. The molecule has 0 unspecified atom stereocenters. The highest BCUT2D eigenvalue weighted by Gasteiger charge is 2.23. The van der Waals surface area contributed by atoms with E-state index in [0.29, 0.717) is 26.3 Å². The summed E-state index contributed by atoms with van der Waals surface area (Å²) in [6.45, 7) is 7.84. The van der Waals surface area contributed by atoms with E-state index in [2.05, 4.69) is 30.5 Å². The summed E-state index contributed by atoms with van der Waals surface area (Å²) in [5.74, 6) is 0.141. The third kappa shape index (κ3) is 2.36. The van der Waals surface area contributed by atoms with Gasteiger partial charge in [0.1, 0.15) is 5.69 Å². The fourth-order valence-electron chi connectivity index (χ4n) is 2.74. The maximum atomic E-state index is 12.7. The van der Waals surface area contributed by atoms with Gasteiger partial charge in [0.05, 0.1) is 23.4 Å². The first kappa shape index (κ1) is 13.6. The van der Waals surface area contributed by atoms with E-state index in [0.717, 1.165) is 18.7 Å². The van der Waals surface area contributed by atoms with Crippen molar-refractivity contribution in [3.63, 3.8) is 0 Å². The number of rotatable bonds is 3. The molecule has 0 spiro atoms. The van der Waals surface area contributed by atoms with E-state index in [1.165, 1.54) is 15.1 Å². The SMILES string of the molecule is CCCn1c(C(=O)N2CCOCC2)cc2sc(C)cc21. The topological polar surface area (TPSA) is 34.5 Å². The number of ether oxygens (including phenoxy) is 1. The highest BCUT2D eigenvalue weighted by molar-refractivity contribution is 7.19. The lowest BCUT2D eigenvalue weighted by Gasteiger charge is -2.27. The molecule has 0 radical (unpaired) electrons. The van der Waals surface area contributed by atoms with Crippen molar-refractivity contribution in [3.05, 3.63) is 22.7 Å². The highest BCUT2D eigenvalue weighted by Crippen LogP contribution is 2.29. The van der Waals surface area contributed by atoms with E-state index in [1.54, 1.807) is 11.3 Å². The normalized spacial score (nSPS) is 16.0. The molecule has 0 aliphatic carbocycles. The van der Waals surface area contributed by atoms with E-state index in [9.17, 15) is 4.79 Å². The quantitative estimate of drug-likeness (QED) is 0.872. The number of fused-ring (bicyclic) bond motifs is 1. The molecule has 5 heteroatoms. The van der Waals surface area contributed by atoms with Gasteiger partial charge in [-0.25, -0.2) is 0 Å². The zero-order chi connectivity index (χ0) is 14.1. The van der Waals surface area contributed by atoms with Crippen LogP contribution in [-0.2, 0) is 11.3 Å². The molecule has 1 aliphatic rings. The number of aryl methyl sites for hydroxylation is 2. The van der Waals surface area contributed by atoms with Crippen molar-refractivity contribution in [3.8, 4) is 0 Å². The van der Waals surface area contributed by atoms with Crippen LogP contribution in [0.3, 0.4) is 0 Å². The van der Waals surface area contributed by atoms with E-state index in [4.69, 9.17) is 4.74 Å². The first-order valence-corrected chi connectivity index (χ1v) is 7.99. The lowest BCUT2D eigenvalue weighted by molar-refractivity contribution is 0.0296. The van der Waals surface area contributed by atoms with Gasteiger partial charge in [-0.15, -0.1) is 11.3 Å². The Morgan fingerprint density at radius 3 is 2.80 bits per heavy atom. The lowest BCUT2D eigenvalue weighted by Crippen LogP contribution is -2.41. The third-order valence-corrected chi connectivity index (χ3v) is 4.66. The van der Waals surface area contributed by atoms with Gasteiger partial charge in [0.15, 0.2) is 0 Å². The van der Waals surface area contributed by atoms with Gasteiger partial charge in [0, 0.05) is 24.5 Å². The number of nitrogens with zero attached hydrogens (tertiary/aromatic N) is 2. The fraction of sp³-hybridized carbons (Fsp3) is 0.533. The summed E-state index contributed by atoms with van der Waals surface area (Å²) in [5.41, 5.74) is 2.03. The van der Waals surface area contributed by atoms with Crippen LogP contribution in [0.4, 0.5) is 0 Å². The highest BCUT2D eigenvalue weighted by atomic mass is 32.1. The van der Waals surface area contributed by atoms with Gasteiger partial charge in [-0.05, 0) is 25.5 Å². The second-order valence-electron chi connectivity index (χ2n) is 5.19. The summed E-state index contributed by atoms with van der Waals surface area (Å²) in [6.07, 6.45) is 1.03. The van der Waals surface area contributed by atoms with Crippen LogP contribution in [0, 0.1) is 6.92 Å². The number of hydrogen-bond acceptors (Lipinski definition) is 3. The first-order chi connectivity index (χ1) is 9.70. The number of carbonyl (C=O) groups is 1. The molecule has 20 heavy (non-hydrogen) atoms. The zero-order valence-electron chi connectivity index (χ0n) is 12.0. The number of amides is 1. The summed E-state index contributed by atoms with van der Waals surface area (Å²) < 4.78 is 8.72. The molecule has 3 heterocycles. The maximum absolute atomic E-state index is 12.7. The Hall–Kier alpha value is -1.33. The van der Waals surface area contributed by atoms with Crippen LogP contribution < -0.4 is 0 Å². The zero-order valence-corrected chi connectivity index (χ0v) is 12.8. The summed E-state index contributed by atoms with van der Waals surface area (Å²) in [7, 11) is 0. The molecule has 1 amide bonds. The van der Waals surface area contributed by atoms with Crippen LogP contribution in [-0.4, -0.2) is 41.7 Å². The summed E-state index contributed by atoms with van der Waals surface area (Å²) in [6, 6.07) is 4.24. The fourth-order valence-corrected chi connectivity index (χ4v) is 3.70. The van der Waals surface area contributed by atoms with E-state index < -0.39 is 0 Å². The second-order valence-corrected chi connectivity index (χ2v) is 6.48. The maximum Gasteiger partial charge on any atom is 0.270 e. The summed E-state index contributed by atoms with van der Waals surface area (Å²) in [4.78, 5) is 15.9. The van der Waals surface area contributed by atoms with E-state index >= 15 is 0 Å². The van der Waals surface area contributed by atoms with Gasteiger partial charge in [-0.1, -0.05) is 6.92 Å². The van der Waals surface area contributed by atoms with Gasteiger partial charge in [0.25, 0.3) is 5.91 Å².